The number of rotatable bonds is 0. The Kier molecular flexibility index (Phi) is 3.95. The molecule has 0 unspecified atom stereocenters. The fourth-order valence-electron chi connectivity index (χ4n) is 1.19. The van der Waals surface area contributed by atoms with Gasteiger partial charge in [-0.05, 0) is 20.3 Å². The molecular formula is C8H13NaO2. The first-order chi connectivity index (χ1) is 4.55. The van der Waals surface area contributed by atoms with E-state index in [4.69, 9.17) is 0 Å². The van der Waals surface area contributed by atoms with E-state index in [1.807, 2.05) is 0 Å². The Morgan fingerprint density at radius 3 is 1.73 bits per heavy atom. The number of Topliss-reactive ketones (excluding diaryl/α,β-unsaturated/α-hetero) is 2. The fraction of sp³-hybridized carbons (Fsp3) is 0.750. The second-order valence-corrected chi connectivity index (χ2v) is 3.32. The Balaban J connectivity index is 0.000001000. The van der Waals surface area contributed by atoms with Crippen molar-refractivity contribution in [2.45, 2.75) is 33.1 Å². The van der Waals surface area contributed by atoms with Crippen molar-refractivity contribution in [2.24, 2.45) is 5.41 Å². The van der Waals surface area contributed by atoms with Crippen LogP contribution in [0.1, 0.15) is 33.1 Å². The third-order valence-corrected chi connectivity index (χ3v) is 2.20. The monoisotopic (exact) mass is 164 g/mol. The van der Waals surface area contributed by atoms with E-state index in [9.17, 15) is 9.59 Å². The van der Waals surface area contributed by atoms with Gasteiger partial charge in [0.05, 0.1) is 5.41 Å². The van der Waals surface area contributed by atoms with Crippen molar-refractivity contribution in [1.29, 1.82) is 0 Å². The summed E-state index contributed by atoms with van der Waals surface area (Å²) in [6, 6.07) is 0. The molecule has 0 spiro atoms. The van der Waals surface area contributed by atoms with Crippen LogP contribution >= 0.6 is 0 Å². The summed E-state index contributed by atoms with van der Waals surface area (Å²) in [5.74, 6) is 0.201. The molecule has 11 heavy (non-hydrogen) atoms. The molecule has 1 saturated carbocycles. The van der Waals surface area contributed by atoms with Crippen molar-refractivity contribution in [3.05, 3.63) is 0 Å². The van der Waals surface area contributed by atoms with E-state index in [1.165, 1.54) is 0 Å². The van der Waals surface area contributed by atoms with Crippen LogP contribution in [-0.4, -0.2) is 41.1 Å². The van der Waals surface area contributed by atoms with Crippen LogP contribution in [0.4, 0.5) is 0 Å². The van der Waals surface area contributed by atoms with Crippen LogP contribution in [0.15, 0.2) is 0 Å². The van der Waals surface area contributed by atoms with Crippen molar-refractivity contribution in [1.82, 2.24) is 0 Å². The summed E-state index contributed by atoms with van der Waals surface area (Å²) in [4.78, 5) is 22.2. The predicted octanol–water partition coefficient (Wildman–Crippen LogP) is 0.686. The standard InChI is InChI=1S/C8H12O2.Na.H/c1-8(2)6(9)4-3-5-7(8)10;;/h3-5H2,1-2H3;;. The average molecular weight is 164 g/mol. The first-order valence-electron chi connectivity index (χ1n) is 3.62. The Labute approximate surface area is 89.0 Å². The third-order valence-electron chi connectivity index (χ3n) is 2.20. The molecule has 0 bridgehead atoms. The third kappa shape index (κ3) is 2.14. The molecule has 0 aromatic rings. The van der Waals surface area contributed by atoms with Crippen LogP contribution < -0.4 is 0 Å². The molecule has 0 aromatic heterocycles. The van der Waals surface area contributed by atoms with Gasteiger partial charge in [0, 0.05) is 12.8 Å². The summed E-state index contributed by atoms with van der Waals surface area (Å²) in [5, 5.41) is 0. The quantitative estimate of drug-likeness (QED) is 0.390. The first-order valence-corrected chi connectivity index (χ1v) is 3.62. The van der Waals surface area contributed by atoms with Crippen molar-refractivity contribution < 1.29 is 9.59 Å². The van der Waals surface area contributed by atoms with Crippen molar-refractivity contribution in [3.8, 4) is 0 Å². The van der Waals surface area contributed by atoms with Crippen LogP contribution in [0.2, 0.25) is 0 Å². The Hall–Kier alpha value is 0.340. The van der Waals surface area contributed by atoms with Gasteiger partial charge in [-0.25, -0.2) is 0 Å². The number of carbonyl (C=O) groups is 2. The maximum absolute atomic E-state index is 11.1. The van der Waals surface area contributed by atoms with Gasteiger partial charge in [-0.1, -0.05) is 0 Å². The van der Waals surface area contributed by atoms with Crippen LogP contribution in [-0.2, 0) is 9.59 Å². The molecule has 0 atom stereocenters. The van der Waals surface area contributed by atoms with Gasteiger partial charge in [0.15, 0.2) is 0 Å². The fourth-order valence-corrected chi connectivity index (χ4v) is 1.19. The summed E-state index contributed by atoms with van der Waals surface area (Å²) in [6.45, 7) is 3.44. The van der Waals surface area contributed by atoms with Gasteiger partial charge in [0.1, 0.15) is 11.6 Å². The molecule has 0 aromatic carbocycles. The summed E-state index contributed by atoms with van der Waals surface area (Å²) >= 11 is 0. The summed E-state index contributed by atoms with van der Waals surface area (Å²) in [5.41, 5.74) is -0.682. The van der Waals surface area contributed by atoms with Gasteiger partial charge in [-0.15, -0.1) is 0 Å². The topological polar surface area (TPSA) is 34.1 Å². The summed E-state index contributed by atoms with van der Waals surface area (Å²) in [6.07, 6.45) is 1.92. The van der Waals surface area contributed by atoms with E-state index >= 15 is 0 Å². The van der Waals surface area contributed by atoms with E-state index in [2.05, 4.69) is 0 Å². The molecule has 1 rings (SSSR count). The molecule has 3 heteroatoms. The molecule has 1 aliphatic carbocycles. The van der Waals surface area contributed by atoms with E-state index in [0.29, 0.717) is 12.8 Å². The van der Waals surface area contributed by atoms with Gasteiger partial charge in [-0.3, -0.25) is 9.59 Å². The van der Waals surface area contributed by atoms with Crippen LogP contribution in [0, 0.1) is 5.41 Å². The Morgan fingerprint density at radius 1 is 1.09 bits per heavy atom. The maximum atomic E-state index is 11.1. The van der Waals surface area contributed by atoms with Crippen molar-refractivity contribution >= 4 is 41.1 Å². The molecule has 0 amide bonds. The van der Waals surface area contributed by atoms with E-state index in [0.717, 1.165) is 6.42 Å². The van der Waals surface area contributed by atoms with Gasteiger partial charge in [-0.2, -0.15) is 0 Å². The Morgan fingerprint density at radius 2 is 1.45 bits per heavy atom. The minimum absolute atomic E-state index is 0. The zero-order chi connectivity index (χ0) is 7.78. The van der Waals surface area contributed by atoms with Crippen LogP contribution in [0.5, 0.6) is 0 Å². The molecular weight excluding hydrogens is 151 g/mol. The predicted molar refractivity (Wildman–Crippen MR) is 44.8 cm³/mol. The van der Waals surface area contributed by atoms with E-state index in [-0.39, 0.29) is 41.1 Å². The minimum atomic E-state index is -0.682. The zero-order valence-electron chi connectivity index (χ0n) is 6.44. The molecule has 58 valence electrons. The normalized spacial score (nSPS) is 22.7. The molecule has 0 saturated heterocycles. The molecule has 2 nitrogen and oxygen atoms in total. The SMILES string of the molecule is CC1(C)C(=O)CCCC1=O.[NaH]. The molecule has 0 heterocycles. The second-order valence-electron chi connectivity index (χ2n) is 3.32. The van der Waals surface area contributed by atoms with Crippen molar-refractivity contribution in [3.63, 3.8) is 0 Å². The molecule has 1 fully saturated rings. The van der Waals surface area contributed by atoms with Gasteiger partial charge in [0.25, 0.3) is 0 Å². The number of hydrogen-bond donors (Lipinski definition) is 0. The van der Waals surface area contributed by atoms with E-state index < -0.39 is 5.41 Å². The number of ketones is 2. The molecule has 1 aliphatic rings. The van der Waals surface area contributed by atoms with Gasteiger partial charge in [0.2, 0.25) is 0 Å². The summed E-state index contributed by atoms with van der Waals surface area (Å²) < 4.78 is 0. The number of hydrogen-bond acceptors (Lipinski definition) is 2. The number of carbonyl (C=O) groups excluding carboxylic acids is 2. The summed E-state index contributed by atoms with van der Waals surface area (Å²) in [7, 11) is 0. The second kappa shape index (κ2) is 3.83. The molecule has 0 radical (unpaired) electrons. The average Bonchev–Trinajstić information content (AvgIpc) is 1.84. The first kappa shape index (κ1) is 11.3. The van der Waals surface area contributed by atoms with Crippen LogP contribution in [0.3, 0.4) is 0 Å². The van der Waals surface area contributed by atoms with Crippen LogP contribution in [0.25, 0.3) is 0 Å². The van der Waals surface area contributed by atoms with Gasteiger partial charge >= 0.3 is 29.6 Å². The van der Waals surface area contributed by atoms with Crippen molar-refractivity contribution in [2.75, 3.05) is 0 Å². The van der Waals surface area contributed by atoms with E-state index in [1.54, 1.807) is 13.8 Å². The molecule has 0 aliphatic heterocycles. The van der Waals surface area contributed by atoms with Gasteiger partial charge < -0.3 is 0 Å². The molecule has 0 N–H and O–H groups in total. The Bertz CT molecular complexity index is 167. The zero-order valence-corrected chi connectivity index (χ0v) is 6.44.